The summed E-state index contributed by atoms with van der Waals surface area (Å²) in [7, 11) is 0. The van der Waals surface area contributed by atoms with E-state index in [9.17, 15) is 9.59 Å². The highest BCUT2D eigenvalue weighted by molar-refractivity contribution is 5.96. The molecule has 3 atom stereocenters. The fourth-order valence-electron chi connectivity index (χ4n) is 3.84. The second-order valence-corrected chi connectivity index (χ2v) is 7.37. The van der Waals surface area contributed by atoms with E-state index in [1.807, 2.05) is 32.0 Å². The van der Waals surface area contributed by atoms with Crippen LogP contribution in [0.5, 0.6) is 5.75 Å². The Morgan fingerprint density at radius 1 is 1.14 bits per heavy atom. The van der Waals surface area contributed by atoms with E-state index in [0.717, 1.165) is 11.1 Å². The van der Waals surface area contributed by atoms with Crippen molar-refractivity contribution in [2.75, 3.05) is 0 Å². The summed E-state index contributed by atoms with van der Waals surface area (Å²) in [4.78, 5) is 24.9. The minimum absolute atomic E-state index is 0.0637. The third-order valence-electron chi connectivity index (χ3n) is 5.09. The fraction of sp³-hybridized carbons (Fsp3) is 0.364. The minimum Gasteiger partial charge on any atom is -0.493 e. The molecule has 2 aromatic rings. The normalized spacial score (nSPS) is 24.0. The third kappa shape index (κ3) is 3.81. The Labute approximate surface area is 163 Å². The summed E-state index contributed by atoms with van der Waals surface area (Å²) in [6, 6.07) is 9.02. The molecule has 2 aliphatic rings. The first-order valence-corrected chi connectivity index (χ1v) is 9.40. The van der Waals surface area contributed by atoms with Crippen LogP contribution in [0, 0.1) is 19.8 Å². The van der Waals surface area contributed by atoms with Crippen molar-refractivity contribution in [1.82, 2.24) is 0 Å². The van der Waals surface area contributed by atoms with Crippen molar-refractivity contribution in [2.45, 2.75) is 45.3 Å². The molecule has 3 unspecified atom stereocenters. The van der Waals surface area contributed by atoms with Gasteiger partial charge in [-0.15, -0.1) is 0 Å². The number of ketones is 1. The van der Waals surface area contributed by atoms with E-state index in [0.29, 0.717) is 25.0 Å². The maximum absolute atomic E-state index is 12.9. The van der Waals surface area contributed by atoms with Gasteiger partial charge in [-0.3, -0.25) is 4.79 Å². The number of hydrogen-bond acceptors (Lipinski definition) is 6. The first kappa shape index (κ1) is 18.3. The molecular formula is C22H22O6. The maximum Gasteiger partial charge on any atom is 0.374 e. The second kappa shape index (κ2) is 7.54. The molecule has 0 radical (unpaired) electrons. The number of furan rings is 1. The molecule has 0 saturated heterocycles. The molecule has 0 bridgehead atoms. The highest BCUT2D eigenvalue weighted by atomic mass is 16.6. The summed E-state index contributed by atoms with van der Waals surface area (Å²) in [5, 5.41) is 0. The number of hydrogen-bond donors (Lipinski definition) is 0. The number of ether oxygens (including phenoxy) is 3. The van der Waals surface area contributed by atoms with Gasteiger partial charge in [-0.25, -0.2) is 4.79 Å². The largest absolute Gasteiger partial charge is 0.493 e. The number of benzene rings is 1. The summed E-state index contributed by atoms with van der Waals surface area (Å²) >= 11 is 0. The van der Waals surface area contributed by atoms with E-state index < -0.39 is 5.97 Å². The number of rotatable bonds is 4. The van der Waals surface area contributed by atoms with Crippen molar-refractivity contribution in [2.24, 2.45) is 5.92 Å². The Morgan fingerprint density at radius 2 is 1.93 bits per heavy atom. The highest BCUT2D eigenvalue weighted by Gasteiger charge is 2.42. The molecule has 0 N–H and O–H groups in total. The quantitative estimate of drug-likeness (QED) is 0.741. The van der Waals surface area contributed by atoms with Crippen LogP contribution >= 0.6 is 0 Å². The molecule has 0 amide bonds. The Hall–Kier alpha value is -3.02. The average Bonchev–Trinajstić information content (AvgIpc) is 3.18. The van der Waals surface area contributed by atoms with Crippen LogP contribution in [0.2, 0.25) is 0 Å². The number of fused-ring (bicyclic) bond motifs is 1. The second-order valence-electron chi connectivity index (χ2n) is 7.37. The van der Waals surface area contributed by atoms with Crippen molar-refractivity contribution in [1.29, 1.82) is 0 Å². The van der Waals surface area contributed by atoms with E-state index in [2.05, 4.69) is 0 Å². The van der Waals surface area contributed by atoms with Gasteiger partial charge in [-0.2, -0.15) is 0 Å². The topological polar surface area (TPSA) is 75.0 Å². The van der Waals surface area contributed by atoms with E-state index >= 15 is 0 Å². The van der Waals surface area contributed by atoms with E-state index in [4.69, 9.17) is 18.6 Å². The zero-order valence-corrected chi connectivity index (χ0v) is 15.8. The minimum atomic E-state index is -0.495. The standard InChI is InChI=1S/C22H22O6/c1-13-8-14(2)10-16(9-13)27-20-12-26-19-11-15(5-6-17(19)21(20)23)28-22(24)18-4-3-7-25-18/h3-4,7-10,12,15,17,19H,5-6,11H2,1-2H3. The number of carbonyl (C=O) groups excluding carboxylic acids is 2. The van der Waals surface area contributed by atoms with Gasteiger partial charge in [0.25, 0.3) is 0 Å². The lowest BCUT2D eigenvalue weighted by molar-refractivity contribution is -0.132. The van der Waals surface area contributed by atoms with E-state index in [1.54, 1.807) is 12.1 Å². The molecule has 0 spiro atoms. The average molecular weight is 382 g/mol. The molecule has 6 heteroatoms. The third-order valence-corrected chi connectivity index (χ3v) is 5.09. The van der Waals surface area contributed by atoms with E-state index in [1.165, 1.54) is 12.5 Å². The molecule has 1 aliphatic heterocycles. The summed E-state index contributed by atoms with van der Waals surface area (Å²) < 4.78 is 22.1. The van der Waals surface area contributed by atoms with Crippen LogP contribution in [-0.2, 0) is 14.3 Å². The van der Waals surface area contributed by atoms with Crippen LogP contribution < -0.4 is 4.74 Å². The molecule has 6 nitrogen and oxygen atoms in total. The smallest absolute Gasteiger partial charge is 0.374 e. The number of Topliss-reactive ketones (excluding diaryl/α,β-unsaturated/α-hetero) is 1. The summed E-state index contributed by atoms with van der Waals surface area (Å²) in [5.41, 5.74) is 2.13. The van der Waals surface area contributed by atoms with Gasteiger partial charge in [-0.05, 0) is 62.1 Å². The predicted octanol–water partition coefficient (Wildman–Crippen LogP) is 4.11. The lowest BCUT2D eigenvalue weighted by atomic mass is 9.80. The van der Waals surface area contributed by atoms with Crippen molar-refractivity contribution in [3.05, 3.63) is 65.5 Å². The number of allylic oxidation sites excluding steroid dienone is 1. The Morgan fingerprint density at radius 3 is 2.64 bits per heavy atom. The molecule has 28 heavy (non-hydrogen) atoms. The number of esters is 1. The molecule has 1 aromatic heterocycles. The van der Waals surface area contributed by atoms with Gasteiger partial charge in [0.05, 0.1) is 12.2 Å². The van der Waals surface area contributed by atoms with Gasteiger partial charge >= 0.3 is 5.97 Å². The zero-order chi connectivity index (χ0) is 19.7. The molecule has 1 fully saturated rings. The van der Waals surface area contributed by atoms with Crippen molar-refractivity contribution in [3.8, 4) is 5.75 Å². The van der Waals surface area contributed by atoms with Gasteiger partial charge in [0.15, 0.2) is 0 Å². The van der Waals surface area contributed by atoms with Gasteiger partial charge in [0.2, 0.25) is 17.3 Å². The number of aryl methyl sites for hydroxylation is 2. The Bertz CT molecular complexity index is 891. The van der Waals surface area contributed by atoms with Crippen LogP contribution in [0.3, 0.4) is 0 Å². The SMILES string of the molecule is Cc1cc(C)cc(OC2=COC3CC(OC(=O)c4ccco4)CCC3C2=O)c1. The zero-order valence-electron chi connectivity index (χ0n) is 15.8. The fourth-order valence-corrected chi connectivity index (χ4v) is 3.84. The molecule has 1 aliphatic carbocycles. The summed E-state index contributed by atoms with van der Waals surface area (Å²) in [6.07, 6.45) is 3.84. The molecule has 1 saturated carbocycles. The van der Waals surface area contributed by atoms with Crippen LogP contribution in [0.25, 0.3) is 0 Å². The molecular weight excluding hydrogens is 360 g/mol. The Kier molecular flexibility index (Phi) is 4.94. The van der Waals surface area contributed by atoms with Crippen molar-refractivity contribution in [3.63, 3.8) is 0 Å². The van der Waals surface area contributed by atoms with Crippen LogP contribution in [0.1, 0.15) is 40.9 Å². The number of carbonyl (C=O) groups is 2. The first-order chi connectivity index (χ1) is 13.5. The molecule has 4 rings (SSSR count). The van der Waals surface area contributed by atoms with Gasteiger partial charge in [0.1, 0.15) is 24.2 Å². The molecule has 146 valence electrons. The van der Waals surface area contributed by atoms with Crippen LogP contribution in [0.15, 0.2) is 53.0 Å². The van der Waals surface area contributed by atoms with Crippen LogP contribution in [-0.4, -0.2) is 24.0 Å². The maximum atomic E-state index is 12.9. The van der Waals surface area contributed by atoms with Crippen LogP contribution in [0.4, 0.5) is 0 Å². The van der Waals surface area contributed by atoms with Crippen molar-refractivity contribution < 1.29 is 28.2 Å². The van der Waals surface area contributed by atoms with Gasteiger partial charge in [0, 0.05) is 6.42 Å². The lowest BCUT2D eigenvalue weighted by Crippen LogP contribution is -2.43. The first-order valence-electron chi connectivity index (χ1n) is 9.40. The van der Waals surface area contributed by atoms with Crippen molar-refractivity contribution >= 4 is 11.8 Å². The predicted molar refractivity (Wildman–Crippen MR) is 99.8 cm³/mol. The molecule has 1 aromatic carbocycles. The Balaban J connectivity index is 1.40. The lowest BCUT2D eigenvalue weighted by Gasteiger charge is -2.36. The molecule has 2 heterocycles. The monoisotopic (exact) mass is 382 g/mol. The van der Waals surface area contributed by atoms with Gasteiger partial charge in [-0.1, -0.05) is 6.07 Å². The van der Waals surface area contributed by atoms with Gasteiger partial charge < -0.3 is 18.6 Å². The summed E-state index contributed by atoms with van der Waals surface area (Å²) in [5.74, 6) is 0.171. The highest BCUT2D eigenvalue weighted by Crippen LogP contribution is 2.35. The van der Waals surface area contributed by atoms with E-state index in [-0.39, 0.29) is 35.4 Å². The summed E-state index contributed by atoms with van der Waals surface area (Å²) in [6.45, 7) is 3.96.